The number of nitrogens with one attached hydrogen (secondary N) is 1. The fourth-order valence-electron chi connectivity index (χ4n) is 2.73. The van der Waals surface area contributed by atoms with Crippen molar-refractivity contribution in [1.29, 1.82) is 0 Å². The molecule has 1 N–H and O–H groups in total. The fraction of sp³-hybridized carbons (Fsp3) is 0.278. The number of piperazine rings is 1. The first-order valence-electron chi connectivity index (χ1n) is 7.81. The van der Waals surface area contributed by atoms with Crippen LogP contribution in [0.15, 0.2) is 53.6 Å². The first-order chi connectivity index (χ1) is 11.2. The average molecular weight is 333 g/mol. The highest BCUT2D eigenvalue weighted by Crippen LogP contribution is 2.08. The molecule has 2 aromatic carbocycles. The van der Waals surface area contributed by atoms with E-state index >= 15 is 0 Å². The van der Waals surface area contributed by atoms with Gasteiger partial charge in [-0.2, -0.15) is 5.10 Å². The molecule has 0 spiro atoms. The van der Waals surface area contributed by atoms with Crippen molar-refractivity contribution in [3.8, 4) is 0 Å². The molecule has 1 fully saturated rings. The van der Waals surface area contributed by atoms with Crippen LogP contribution in [-0.4, -0.2) is 37.4 Å². The maximum Gasteiger partial charge on any atom is 0.123 e. The van der Waals surface area contributed by atoms with Crippen molar-refractivity contribution in [2.75, 3.05) is 26.2 Å². The van der Waals surface area contributed by atoms with E-state index < -0.39 is 0 Å². The Labute approximate surface area is 141 Å². The van der Waals surface area contributed by atoms with Crippen LogP contribution >= 0.6 is 11.6 Å². The Balaban J connectivity index is 1.49. The molecule has 1 saturated heterocycles. The van der Waals surface area contributed by atoms with E-state index in [0.717, 1.165) is 43.3 Å². The number of hydrogen-bond acceptors (Lipinski definition) is 2. The summed E-state index contributed by atoms with van der Waals surface area (Å²) in [4.78, 5) is 1.55. The summed E-state index contributed by atoms with van der Waals surface area (Å²) in [5, 5.41) is 7.29. The van der Waals surface area contributed by atoms with Crippen LogP contribution in [0.5, 0.6) is 0 Å². The minimum Gasteiger partial charge on any atom is -0.328 e. The number of nitrogens with zero attached hydrogens (tertiary/aromatic N) is 2. The second-order valence-corrected chi connectivity index (χ2v) is 6.24. The van der Waals surface area contributed by atoms with Crippen molar-refractivity contribution in [2.24, 2.45) is 5.10 Å². The number of halogens is 2. The molecule has 0 atom stereocenters. The van der Waals surface area contributed by atoms with Gasteiger partial charge in [-0.25, -0.2) is 4.39 Å². The van der Waals surface area contributed by atoms with E-state index in [1.165, 1.54) is 17.7 Å². The SMILES string of the molecule is Fc1cccc(/C=N\N2CC[NH+](Cc3ccc(Cl)cc3)CC2)c1. The topological polar surface area (TPSA) is 20.0 Å². The van der Waals surface area contributed by atoms with Crippen LogP contribution in [0.4, 0.5) is 4.39 Å². The Kier molecular flexibility index (Phi) is 5.26. The summed E-state index contributed by atoms with van der Waals surface area (Å²) in [6, 6.07) is 14.5. The van der Waals surface area contributed by atoms with E-state index in [1.807, 2.05) is 18.2 Å². The maximum atomic E-state index is 13.1. The van der Waals surface area contributed by atoms with Gasteiger partial charge in [-0.1, -0.05) is 35.9 Å². The summed E-state index contributed by atoms with van der Waals surface area (Å²) >= 11 is 5.92. The molecule has 120 valence electrons. The van der Waals surface area contributed by atoms with Crippen LogP contribution in [0.2, 0.25) is 5.02 Å². The Bertz CT molecular complexity index is 664. The van der Waals surface area contributed by atoms with Crippen molar-refractivity contribution in [2.45, 2.75) is 6.54 Å². The summed E-state index contributed by atoms with van der Waals surface area (Å²) < 4.78 is 13.1. The predicted octanol–water partition coefficient (Wildman–Crippen LogP) is 2.21. The van der Waals surface area contributed by atoms with Crippen LogP contribution in [-0.2, 0) is 6.54 Å². The summed E-state index contributed by atoms with van der Waals surface area (Å²) in [6.45, 7) is 4.92. The van der Waals surface area contributed by atoms with Gasteiger partial charge in [0, 0.05) is 10.6 Å². The van der Waals surface area contributed by atoms with Gasteiger partial charge >= 0.3 is 0 Å². The predicted molar refractivity (Wildman–Crippen MR) is 91.4 cm³/mol. The second kappa shape index (κ2) is 7.57. The molecule has 0 amide bonds. The molecular formula is C18H20ClFN3+. The van der Waals surface area contributed by atoms with E-state index in [9.17, 15) is 4.39 Å². The first-order valence-corrected chi connectivity index (χ1v) is 8.19. The van der Waals surface area contributed by atoms with Crippen molar-refractivity contribution < 1.29 is 9.29 Å². The molecule has 1 aliphatic rings. The summed E-state index contributed by atoms with van der Waals surface area (Å²) in [5.41, 5.74) is 2.10. The molecule has 5 heteroatoms. The molecule has 0 radical (unpaired) electrons. The largest absolute Gasteiger partial charge is 0.328 e. The number of hydrazone groups is 1. The number of quaternary nitrogens is 1. The van der Waals surface area contributed by atoms with Crippen LogP contribution in [0.25, 0.3) is 0 Å². The molecule has 1 heterocycles. The number of hydrogen-bond donors (Lipinski definition) is 1. The Morgan fingerprint density at radius 2 is 1.87 bits per heavy atom. The molecule has 0 bridgehead atoms. The molecule has 0 unspecified atom stereocenters. The third kappa shape index (κ3) is 4.78. The lowest BCUT2D eigenvalue weighted by atomic mass is 10.2. The quantitative estimate of drug-likeness (QED) is 0.851. The zero-order chi connectivity index (χ0) is 16.1. The van der Waals surface area contributed by atoms with Crippen molar-refractivity contribution in [3.05, 3.63) is 70.5 Å². The molecular weight excluding hydrogens is 313 g/mol. The van der Waals surface area contributed by atoms with E-state index in [2.05, 4.69) is 22.2 Å². The van der Waals surface area contributed by atoms with Gasteiger partial charge in [0.25, 0.3) is 0 Å². The number of rotatable bonds is 4. The fourth-order valence-corrected chi connectivity index (χ4v) is 2.86. The highest BCUT2D eigenvalue weighted by molar-refractivity contribution is 6.30. The van der Waals surface area contributed by atoms with Gasteiger partial charge < -0.3 is 4.90 Å². The van der Waals surface area contributed by atoms with E-state index in [1.54, 1.807) is 17.2 Å². The lowest BCUT2D eigenvalue weighted by molar-refractivity contribution is -0.918. The third-order valence-corrected chi connectivity index (χ3v) is 4.29. The van der Waals surface area contributed by atoms with Gasteiger partial charge in [0.2, 0.25) is 0 Å². The minimum atomic E-state index is -0.230. The number of benzene rings is 2. The van der Waals surface area contributed by atoms with Gasteiger partial charge in [0.05, 0.1) is 32.4 Å². The summed E-state index contributed by atoms with van der Waals surface area (Å²) in [6.07, 6.45) is 1.73. The van der Waals surface area contributed by atoms with Gasteiger partial charge in [-0.3, -0.25) is 5.01 Å². The van der Waals surface area contributed by atoms with Gasteiger partial charge in [0.15, 0.2) is 0 Å². The summed E-state index contributed by atoms with van der Waals surface area (Å²) in [7, 11) is 0. The van der Waals surface area contributed by atoms with Crippen molar-refractivity contribution in [3.63, 3.8) is 0 Å². The highest BCUT2D eigenvalue weighted by atomic mass is 35.5. The molecule has 0 aliphatic carbocycles. The summed E-state index contributed by atoms with van der Waals surface area (Å²) in [5.74, 6) is -0.230. The zero-order valence-corrected chi connectivity index (χ0v) is 13.6. The molecule has 1 aliphatic heterocycles. The van der Waals surface area contributed by atoms with Gasteiger partial charge in [-0.15, -0.1) is 0 Å². The zero-order valence-electron chi connectivity index (χ0n) is 12.9. The van der Waals surface area contributed by atoms with Crippen LogP contribution in [0, 0.1) is 5.82 Å². The minimum absolute atomic E-state index is 0.230. The van der Waals surface area contributed by atoms with Crippen LogP contribution in [0.1, 0.15) is 11.1 Å². The molecule has 3 nitrogen and oxygen atoms in total. The van der Waals surface area contributed by atoms with Gasteiger partial charge in [-0.05, 0) is 29.8 Å². The van der Waals surface area contributed by atoms with Crippen LogP contribution < -0.4 is 4.90 Å². The molecule has 2 aromatic rings. The Morgan fingerprint density at radius 3 is 2.57 bits per heavy atom. The lowest BCUT2D eigenvalue weighted by Gasteiger charge is -2.30. The van der Waals surface area contributed by atoms with Crippen molar-refractivity contribution >= 4 is 17.8 Å². The van der Waals surface area contributed by atoms with Crippen molar-refractivity contribution in [1.82, 2.24) is 5.01 Å². The monoisotopic (exact) mass is 332 g/mol. The highest BCUT2D eigenvalue weighted by Gasteiger charge is 2.18. The van der Waals surface area contributed by atoms with E-state index in [-0.39, 0.29) is 5.82 Å². The first kappa shape index (κ1) is 16.0. The maximum absolute atomic E-state index is 13.1. The molecule has 3 rings (SSSR count). The Morgan fingerprint density at radius 1 is 1.13 bits per heavy atom. The molecule has 23 heavy (non-hydrogen) atoms. The molecule has 0 aromatic heterocycles. The van der Waals surface area contributed by atoms with Crippen LogP contribution in [0.3, 0.4) is 0 Å². The standard InChI is InChI=1S/C18H19ClFN3/c19-17-6-4-15(5-7-17)14-22-8-10-23(11-9-22)21-13-16-2-1-3-18(20)12-16/h1-7,12-13H,8-11,14H2/p+1/b21-13-. The normalized spacial score (nSPS) is 16.2. The second-order valence-electron chi connectivity index (χ2n) is 5.81. The van der Waals surface area contributed by atoms with E-state index in [0.29, 0.717) is 0 Å². The van der Waals surface area contributed by atoms with Gasteiger partial charge in [0.1, 0.15) is 12.4 Å². The lowest BCUT2D eigenvalue weighted by Crippen LogP contribution is -3.13. The van der Waals surface area contributed by atoms with E-state index in [4.69, 9.17) is 11.6 Å². The Hall–Kier alpha value is -1.91. The third-order valence-electron chi connectivity index (χ3n) is 4.03. The average Bonchev–Trinajstić information content (AvgIpc) is 2.56. The smallest absolute Gasteiger partial charge is 0.123 e. The molecule has 0 saturated carbocycles.